The van der Waals surface area contributed by atoms with E-state index in [1.165, 1.54) is 0 Å². The minimum absolute atomic E-state index is 0.140. The highest BCUT2D eigenvalue weighted by Gasteiger charge is 2.41. The van der Waals surface area contributed by atoms with E-state index in [-0.39, 0.29) is 18.0 Å². The summed E-state index contributed by atoms with van der Waals surface area (Å²) in [5.41, 5.74) is 2.65. The van der Waals surface area contributed by atoms with Gasteiger partial charge in [-0.15, -0.1) is 0 Å². The molecule has 0 bridgehead atoms. The number of anilines is 2. The summed E-state index contributed by atoms with van der Waals surface area (Å²) in [7, 11) is 0. The second-order valence-corrected chi connectivity index (χ2v) is 7.92. The van der Waals surface area contributed by atoms with Crippen LogP contribution in [0.1, 0.15) is 24.1 Å². The highest BCUT2D eigenvalue weighted by atomic mass is 16.5. The Balaban J connectivity index is 1.40. The third-order valence-electron chi connectivity index (χ3n) is 5.69. The first-order valence-electron chi connectivity index (χ1n) is 10.7. The second-order valence-electron chi connectivity index (χ2n) is 7.92. The lowest BCUT2D eigenvalue weighted by Gasteiger charge is -2.36. The Bertz CT molecular complexity index is 1210. The van der Waals surface area contributed by atoms with E-state index in [0.717, 1.165) is 16.9 Å². The number of amides is 1. The quantitative estimate of drug-likeness (QED) is 0.473. The first-order chi connectivity index (χ1) is 16.2. The number of tetrazole rings is 1. The van der Waals surface area contributed by atoms with E-state index in [0.29, 0.717) is 18.2 Å². The number of benzene rings is 2. The molecule has 0 radical (unpaired) electrons. The van der Waals surface area contributed by atoms with Crippen LogP contribution in [0.4, 0.5) is 11.6 Å². The van der Waals surface area contributed by atoms with Crippen molar-refractivity contribution in [3.05, 3.63) is 90.3 Å². The number of carbonyl (C=O) groups excluding carboxylic acids is 1. The summed E-state index contributed by atoms with van der Waals surface area (Å²) < 4.78 is 7.58. The van der Waals surface area contributed by atoms with E-state index in [1.807, 2.05) is 67.6 Å². The van der Waals surface area contributed by atoms with Crippen LogP contribution in [0.3, 0.4) is 0 Å². The minimum atomic E-state index is -0.461. The summed E-state index contributed by atoms with van der Waals surface area (Å²) in [4.78, 5) is 17.4. The Morgan fingerprint density at radius 3 is 2.67 bits per heavy atom. The predicted octanol–water partition coefficient (Wildman–Crippen LogP) is 3.31. The minimum Gasteiger partial charge on any atom is -0.489 e. The van der Waals surface area contributed by atoms with Gasteiger partial charge < -0.3 is 15.4 Å². The maximum atomic E-state index is 13.3. The molecule has 1 aliphatic heterocycles. The maximum absolute atomic E-state index is 13.3. The van der Waals surface area contributed by atoms with Crippen molar-refractivity contribution in [2.75, 3.05) is 10.6 Å². The van der Waals surface area contributed by atoms with Crippen molar-refractivity contribution in [3.63, 3.8) is 0 Å². The lowest BCUT2D eigenvalue weighted by Crippen LogP contribution is -2.46. The second kappa shape index (κ2) is 9.07. The molecule has 9 nitrogen and oxygen atoms in total. The SMILES string of the molecule is CC1Nc2nnnn2C(c2ccc(OCc3ccccc3)cc2)C1C(=O)Nc1cccnc1. The highest BCUT2D eigenvalue weighted by Crippen LogP contribution is 2.36. The number of fused-ring (bicyclic) bond motifs is 1. The topological polar surface area (TPSA) is 107 Å². The molecule has 0 fully saturated rings. The molecule has 2 aromatic carbocycles. The molecule has 2 N–H and O–H groups in total. The summed E-state index contributed by atoms with van der Waals surface area (Å²) in [6.45, 7) is 2.44. The van der Waals surface area contributed by atoms with Crippen LogP contribution in [0.25, 0.3) is 0 Å². The highest BCUT2D eigenvalue weighted by molar-refractivity contribution is 5.94. The number of nitrogens with zero attached hydrogens (tertiary/aromatic N) is 5. The molecule has 5 rings (SSSR count). The molecule has 3 unspecified atom stereocenters. The normalized spacial score (nSPS) is 19.2. The van der Waals surface area contributed by atoms with E-state index >= 15 is 0 Å². The molecule has 1 aliphatic rings. The van der Waals surface area contributed by atoms with Gasteiger partial charge in [-0.05, 0) is 52.7 Å². The zero-order chi connectivity index (χ0) is 22.6. The molecule has 3 heterocycles. The van der Waals surface area contributed by atoms with Crippen molar-refractivity contribution in [3.8, 4) is 5.75 Å². The largest absolute Gasteiger partial charge is 0.489 e. The van der Waals surface area contributed by atoms with Crippen molar-refractivity contribution in [2.24, 2.45) is 5.92 Å². The molecule has 1 amide bonds. The van der Waals surface area contributed by atoms with Crippen LogP contribution < -0.4 is 15.4 Å². The molecule has 0 aliphatic carbocycles. The van der Waals surface area contributed by atoms with Gasteiger partial charge in [-0.3, -0.25) is 9.78 Å². The van der Waals surface area contributed by atoms with Gasteiger partial charge >= 0.3 is 0 Å². The Morgan fingerprint density at radius 2 is 1.91 bits per heavy atom. The summed E-state index contributed by atoms with van der Waals surface area (Å²) in [6, 6.07) is 20.7. The molecule has 4 aromatic rings. The Morgan fingerprint density at radius 1 is 1.09 bits per heavy atom. The number of ether oxygens (including phenoxy) is 1. The summed E-state index contributed by atoms with van der Waals surface area (Å²) in [6.07, 6.45) is 3.28. The number of rotatable bonds is 6. The third-order valence-corrected chi connectivity index (χ3v) is 5.69. The van der Waals surface area contributed by atoms with Crippen LogP contribution in [0.2, 0.25) is 0 Å². The van der Waals surface area contributed by atoms with Gasteiger partial charge in [0.2, 0.25) is 11.9 Å². The van der Waals surface area contributed by atoms with Gasteiger partial charge in [-0.1, -0.05) is 47.6 Å². The number of hydrogen-bond donors (Lipinski definition) is 2. The summed E-state index contributed by atoms with van der Waals surface area (Å²) >= 11 is 0. The fourth-order valence-corrected chi connectivity index (χ4v) is 4.08. The van der Waals surface area contributed by atoms with Gasteiger partial charge in [0, 0.05) is 12.2 Å². The van der Waals surface area contributed by atoms with E-state index < -0.39 is 5.92 Å². The number of nitrogens with one attached hydrogen (secondary N) is 2. The Kier molecular flexibility index (Phi) is 5.67. The lowest BCUT2D eigenvalue weighted by molar-refractivity contribution is -0.121. The van der Waals surface area contributed by atoms with Gasteiger partial charge in [0.05, 0.1) is 23.8 Å². The Hall–Kier alpha value is -4.27. The lowest BCUT2D eigenvalue weighted by atomic mass is 9.85. The molecule has 0 saturated carbocycles. The fraction of sp³-hybridized carbons (Fsp3) is 0.208. The van der Waals surface area contributed by atoms with Crippen molar-refractivity contribution < 1.29 is 9.53 Å². The molecule has 33 heavy (non-hydrogen) atoms. The Labute approximate surface area is 190 Å². The van der Waals surface area contributed by atoms with Gasteiger partial charge in [-0.25, -0.2) is 4.68 Å². The van der Waals surface area contributed by atoms with Crippen LogP contribution in [-0.4, -0.2) is 37.1 Å². The van der Waals surface area contributed by atoms with Crippen molar-refractivity contribution in [1.82, 2.24) is 25.2 Å². The van der Waals surface area contributed by atoms with E-state index in [4.69, 9.17) is 4.74 Å². The number of aromatic nitrogens is 5. The maximum Gasteiger partial charge on any atom is 0.243 e. The van der Waals surface area contributed by atoms with Crippen molar-refractivity contribution >= 4 is 17.5 Å². The number of hydrogen-bond acceptors (Lipinski definition) is 7. The molecular weight excluding hydrogens is 418 g/mol. The molecule has 0 saturated heterocycles. The van der Waals surface area contributed by atoms with Gasteiger partial charge in [-0.2, -0.15) is 0 Å². The molecule has 166 valence electrons. The smallest absolute Gasteiger partial charge is 0.243 e. The summed E-state index contributed by atoms with van der Waals surface area (Å²) in [5, 5.41) is 18.2. The average molecular weight is 441 g/mol. The summed E-state index contributed by atoms with van der Waals surface area (Å²) in [5.74, 6) is 0.677. The molecule has 3 atom stereocenters. The average Bonchev–Trinajstić information content (AvgIpc) is 3.31. The zero-order valence-electron chi connectivity index (χ0n) is 18.0. The van der Waals surface area contributed by atoms with Crippen LogP contribution in [0.5, 0.6) is 5.75 Å². The van der Waals surface area contributed by atoms with Crippen molar-refractivity contribution in [2.45, 2.75) is 25.6 Å². The van der Waals surface area contributed by atoms with Crippen LogP contribution in [0.15, 0.2) is 79.1 Å². The standard InChI is InChI=1S/C24H23N7O2/c1-16-21(23(32)27-19-8-5-13-25-14-19)22(31-24(26-16)28-29-30-31)18-9-11-20(12-10-18)33-15-17-6-3-2-4-7-17/h2-14,16,21-22H,15H2,1H3,(H,27,32)(H,26,28,30). The third kappa shape index (κ3) is 4.38. The molecule has 2 aromatic heterocycles. The molecular formula is C24H23N7O2. The van der Waals surface area contributed by atoms with Crippen LogP contribution >= 0.6 is 0 Å². The van der Waals surface area contributed by atoms with E-state index in [1.54, 1.807) is 23.1 Å². The fourth-order valence-electron chi connectivity index (χ4n) is 4.08. The predicted molar refractivity (Wildman–Crippen MR) is 123 cm³/mol. The molecule has 9 heteroatoms. The van der Waals surface area contributed by atoms with Gasteiger partial charge in [0.25, 0.3) is 0 Å². The van der Waals surface area contributed by atoms with Gasteiger partial charge in [0.15, 0.2) is 0 Å². The number of pyridine rings is 1. The molecule has 0 spiro atoms. The van der Waals surface area contributed by atoms with Crippen LogP contribution in [-0.2, 0) is 11.4 Å². The number of carbonyl (C=O) groups is 1. The van der Waals surface area contributed by atoms with E-state index in [2.05, 4.69) is 31.1 Å². The monoisotopic (exact) mass is 441 g/mol. The van der Waals surface area contributed by atoms with Crippen molar-refractivity contribution in [1.29, 1.82) is 0 Å². The van der Waals surface area contributed by atoms with Crippen LogP contribution in [0, 0.1) is 5.92 Å². The van der Waals surface area contributed by atoms with Gasteiger partial charge in [0.1, 0.15) is 12.4 Å². The first kappa shape index (κ1) is 20.6. The first-order valence-corrected chi connectivity index (χ1v) is 10.7. The zero-order valence-corrected chi connectivity index (χ0v) is 18.0. The van der Waals surface area contributed by atoms with E-state index in [9.17, 15) is 4.79 Å².